The van der Waals surface area contributed by atoms with E-state index in [2.05, 4.69) is 88.0 Å². The van der Waals surface area contributed by atoms with E-state index in [4.69, 9.17) is 54.7 Å². The Kier molecular flexibility index (Phi) is 39.7. The minimum absolute atomic E-state index is 0.0211. The van der Waals surface area contributed by atoms with Crippen molar-refractivity contribution in [3.8, 4) is 52.1 Å². The molecule has 0 fully saturated rings. The molecule has 2 aliphatic carbocycles. The highest BCUT2D eigenvalue weighted by Gasteiger charge is 2.27. The van der Waals surface area contributed by atoms with Crippen LogP contribution < -0.4 is 9.47 Å². The maximum absolute atomic E-state index is 12.7. The zero-order valence-electron chi connectivity index (χ0n) is 81.6. The maximum atomic E-state index is 12.7. The first-order chi connectivity index (χ1) is 72.0. The van der Waals surface area contributed by atoms with Crippen molar-refractivity contribution in [3.63, 3.8) is 0 Å². The first kappa shape index (κ1) is 106. The normalized spacial score (nSPS) is 12.3. The molecule has 147 heavy (non-hydrogen) atoms. The highest BCUT2D eigenvalue weighted by atomic mass is 79.9. The number of alkyl halides is 4. The van der Waals surface area contributed by atoms with Crippen LogP contribution in [-0.4, -0.2) is 115 Å². The highest BCUT2D eigenvalue weighted by Crippen LogP contribution is 2.47. The fraction of sp³-hybridized carbons (Fsp3) is 0.167. The largest absolute Gasteiger partial charge is 0.507 e. The summed E-state index contributed by atoms with van der Waals surface area (Å²) < 4.78 is 13.7. The van der Waals surface area contributed by atoms with Crippen molar-refractivity contribution in [2.24, 2.45) is 39.9 Å². The van der Waals surface area contributed by atoms with Crippen LogP contribution in [-0.2, 0) is 51.4 Å². The quantitative estimate of drug-likeness (QED) is 0.0148. The lowest BCUT2D eigenvalue weighted by atomic mass is 9.90. The second-order valence-corrected chi connectivity index (χ2v) is 38.6. The van der Waals surface area contributed by atoms with E-state index in [9.17, 15) is 30.6 Å². The molecule has 0 saturated carbocycles. The van der Waals surface area contributed by atoms with E-state index >= 15 is 0 Å². The third-order valence-electron chi connectivity index (χ3n) is 24.4. The van der Waals surface area contributed by atoms with Gasteiger partial charge in [-0.15, -0.1) is 0 Å². The van der Waals surface area contributed by atoms with Crippen LogP contribution in [0.1, 0.15) is 179 Å². The summed E-state index contributed by atoms with van der Waals surface area (Å²) in [6, 6.07) is 111. The Balaban J connectivity index is 0.000000205. The molecule has 2 aliphatic rings. The SMILES string of the molecule is BrCCCCBr.CC#N.Oc1c2cc(N=Cc3ccccc3)cc1Cc1cc(N=Cc3ccccc3)cc(c1O)Cc1cc(N=Cc3ccccc3)cc(c1O)Cc1cc(N=Cc3ccccc3)cc(c1O)C2.Oc1c2cc(N=Cc3ccccc3)cc1Cc1cc(N=Cc3ccccc3)cc(c1OCCCCBr)Cc1cc(N=Cc3ccccc3)cc(c1O)Cc1cc(N=Cc3ccccc3)cc(c1OCCCCBr)C2. The van der Waals surface area contributed by atoms with Gasteiger partial charge in [0.15, 0.2) is 0 Å². The molecule has 16 aromatic rings. The van der Waals surface area contributed by atoms with Crippen molar-refractivity contribution in [1.29, 1.82) is 5.26 Å². The Morgan fingerprint density at radius 2 is 0.340 bits per heavy atom. The fourth-order valence-electron chi connectivity index (χ4n) is 17.1. The van der Waals surface area contributed by atoms with Crippen LogP contribution in [0.3, 0.4) is 0 Å². The average Bonchev–Trinajstić information content (AvgIpc) is 0.780. The second-order valence-electron chi connectivity index (χ2n) is 35.4. The van der Waals surface area contributed by atoms with Gasteiger partial charge in [-0.2, -0.15) is 5.26 Å². The zero-order valence-corrected chi connectivity index (χ0v) is 88.0. The number of phenolic OH excluding ortho intramolecular Hbond substituents is 6. The van der Waals surface area contributed by atoms with Gasteiger partial charge in [0.25, 0.3) is 0 Å². The molecule has 16 aromatic carbocycles. The monoisotopic (exact) mass is 2200 g/mol. The molecule has 17 nitrogen and oxygen atoms in total. The topological polar surface area (TPSA) is 263 Å². The van der Waals surface area contributed by atoms with Gasteiger partial charge in [-0.25, -0.2) is 0 Å². The molecule has 0 heterocycles. The van der Waals surface area contributed by atoms with Crippen LogP contribution in [0.5, 0.6) is 46.0 Å². The maximum Gasteiger partial charge on any atom is 0.126 e. The summed E-state index contributed by atoms with van der Waals surface area (Å²) in [4.78, 5) is 39.5. The van der Waals surface area contributed by atoms with Crippen LogP contribution in [0, 0.1) is 11.3 Å². The van der Waals surface area contributed by atoms with E-state index in [1.807, 2.05) is 340 Å². The van der Waals surface area contributed by atoms with Crippen LogP contribution >= 0.6 is 63.7 Å². The van der Waals surface area contributed by atoms with Crippen LogP contribution in [0.25, 0.3) is 0 Å². The van der Waals surface area contributed by atoms with Gasteiger partial charge in [-0.05, 0) is 180 Å². The first-order valence-electron chi connectivity index (χ1n) is 49.0. The molecule has 0 aliphatic heterocycles. The predicted octanol–water partition coefficient (Wildman–Crippen LogP) is 31.2. The predicted molar refractivity (Wildman–Crippen MR) is 619 cm³/mol. The van der Waals surface area contributed by atoms with Crippen LogP contribution in [0.4, 0.5) is 45.5 Å². The summed E-state index contributed by atoms with van der Waals surface area (Å²) in [5.74, 6) is 1.79. The Morgan fingerprint density at radius 1 is 0.218 bits per heavy atom. The van der Waals surface area contributed by atoms with Gasteiger partial charge in [0.1, 0.15) is 46.0 Å². The molecule has 0 saturated heterocycles. The van der Waals surface area contributed by atoms with Crippen molar-refractivity contribution in [2.45, 2.75) is 96.8 Å². The molecular formula is C126H113Br4N9O8. The number of aliphatic imine (C=N–C) groups is 8. The number of unbranched alkanes of at least 4 members (excludes halogenated alkanes) is 3. The highest BCUT2D eigenvalue weighted by molar-refractivity contribution is 9.09. The van der Waals surface area contributed by atoms with Crippen molar-refractivity contribution in [1.82, 2.24) is 0 Å². The lowest BCUT2D eigenvalue weighted by Gasteiger charge is -2.22. The first-order valence-corrected chi connectivity index (χ1v) is 53.4. The molecule has 16 bridgehead atoms. The number of hydrogen-bond donors (Lipinski definition) is 6. The molecule has 0 atom stereocenters. The van der Waals surface area contributed by atoms with E-state index < -0.39 is 0 Å². The van der Waals surface area contributed by atoms with Gasteiger partial charge in [0, 0.05) is 218 Å². The molecule has 0 amide bonds. The standard InChI is InChI=1S/C64H58Br2N4O4.C56H44N4O4.C4H8Br2.C2H3N/c65-25-13-15-27-73-63-53-29-49-33-57(67-41-45-17-5-1-6-18-45)34-50(61(49)71)30-54-38-60(70-44-48-23-11-4-12-24-48)40-56(64(54)74-28-16-14-26-66)32-52-36-58(68-42-46-19-7-2-8-20-46)35-51(62(52)72)31-55(63)39-59(37-53)69-43-47-21-9-3-10-22-47;61-53-41-21-43-27-50(58-34-38-15-7-2-8-16-38)29-45(54(43)62)23-47-31-52(60-36-40-19-11-4-12-20-40)32-48(56(47)64)24-46-30-51(59-35-39-17-9-3-10-18-39)28-44(55(46)63)22-42(53)26-49(25-41)57-33-37-13-5-1-6-14-37;5-3-1-2-4-6;1-2-3/h1-12,17-24,33-44,71-72H,13-16,25-32H2;1-20,25-36,61-64H,21-24H2;1-4H2;1H3. The molecular weight excluding hydrogens is 2090 g/mol. The van der Waals surface area contributed by atoms with Crippen molar-refractivity contribution in [2.75, 3.05) is 34.5 Å². The summed E-state index contributed by atoms with van der Waals surface area (Å²) in [7, 11) is 0. The van der Waals surface area contributed by atoms with Crippen molar-refractivity contribution < 1.29 is 40.1 Å². The summed E-state index contributed by atoms with van der Waals surface area (Å²) in [5.41, 5.74) is 22.9. The average molecular weight is 2200 g/mol. The van der Waals surface area contributed by atoms with Crippen molar-refractivity contribution in [3.05, 3.63) is 473 Å². The number of ether oxygens (including phenoxy) is 2. The molecule has 0 spiro atoms. The zero-order chi connectivity index (χ0) is 102. The Morgan fingerprint density at radius 3 is 0.476 bits per heavy atom. The lowest BCUT2D eigenvalue weighted by Crippen LogP contribution is -2.08. The van der Waals surface area contributed by atoms with E-state index in [1.165, 1.54) is 19.8 Å². The number of nitriles is 1. The minimum Gasteiger partial charge on any atom is -0.507 e. The van der Waals surface area contributed by atoms with Crippen LogP contribution in [0.15, 0.2) is 380 Å². The van der Waals surface area contributed by atoms with E-state index in [1.54, 1.807) is 30.9 Å². The van der Waals surface area contributed by atoms with Gasteiger partial charge in [0.2, 0.25) is 0 Å². The fourth-order valence-corrected chi connectivity index (χ4v) is 18.7. The van der Waals surface area contributed by atoms with Gasteiger partial charge < -0.3 is 40.1 Å². The number of phenols is 6. The number of nitrogens with zero attached hydrogens (tertiary/aromatic N) is 9. The smallest absolute Gasteiger partial charge is 0.126 e. The summed E-state index contributed by atoms with van der Waals surface area (Å²) >= 11 is 13.9. The molecule has 738 valence electrons. The number of rotatable bonds is 29. The number of aromatic hydroxyl groups is 6. The molecule has 6 N–H and O–H groups in total. The summed E-state index contributed by atoms with van der Waals surface area (Å²) in [6.07, 6.45) is 22.3. The number of hydrogen-bond acceptors (Lipinski definition) is 17. The van der Waals surface area contributed by atoms with Gasteiger partial charge >= 0.3 is 0 Å². The number of halogens is 4. The third-order valence-corrected chi connectivity index (χ3v) is 26.6. The molecule has 0 unspecified atom stereocenters. The van der Waals surface area contributed by atoms with E-state index in [0.29, 0.717) is 163 Å². The van der Waals surface area contributed by atoms with Gasteiger partial charge in [-0.3, -0.25) is 39.9 Å². The molecule has 0 radical (unpaired) electrons. The van der Waals surface area contributed by atoms with E-state index in [-0.39, 0.29) is 60.2 Å². The molecule has 0 aromatic heterocycles. The lowest BCUT2D eigenvalue weighted by molar-refractivity contribution is 0.304. The van der Waals surface area contributed by atoms with Crippen LogP contribution in [0.2, 0.25) is 0 Å². The molecule has 21 heteroatoms. The number of fused-ring (bicyclic) bond motifs is 16. The Bertz CT molecular complexity index is 6580. The van der Waals surface area contributed by atoms with Gasteiger partial charge in [-0.1, -0.05) is 306 Å². The number of benzene rings is 16. The Labute approximate surface area is 893 Å². The Hall–Kier alpha value is -15.3. The van der Waals surface area contributed by atoms with E-state index in [0.717, 1.165) is 114 Å². The summed E-state index contributed by atoms with van der Waals surface area (Å²) in [5, 5.41) is 85.3. The minimum atomic E-state index is 0.0211. The third kappa shape index (κ3) is 31.1. The van der Waals surface area contributed by atoms with Gasteiger partial charge in [0.05, 0.1) is 64.8 Å². The molecule has 18 rings (SSSR count). The second kappa shape index (κ2) is 55.1. The van der Waals surface area contributed by atoms with Crippen molar-refractivity contribution >= 4 is 159 Å². The summed E-state index contributed by atoms with van der Waals surface area (Å²) in [6.45, 7) is 2.37.